The molecule has 168 valence electrons. The number of hydrogen-bond donors (Lipinski definition) is 3. The van der Waals surface area contributed by atoms with Gasteiger partial charge in [0.2, 0.25) is 11.8 Å². The van der Waals surface area contributed by atoms with Crippen molar-refractivity contribution in [3.63, 3.8) is 0 Å². The SMILES string of the molecule is COC(=O)CNC(=O)C(CC(C)C)NC(=O)CCCCCNC(=O)OC(C)(C)C. The lowest BCUT2D eigenvalue weighted by Gasteiger charge is -2.20. The van der Waals surface area contributed by atoms with Crippen LogP contribution in [0.15, 0.2) is 0 Å². The second-order valence-electron chi connectivity index (χ2n) is 8.28. The monoisotopic (exact) mass is 415 g/mol. The second kappa shape index (κ2) is 13.8. The number of unbranched alkanes of at least 4 members (excludes halogenated alkanes) is 2. The van der Waals surface area contributed by atoms with Gasteiger partial charge in [-0.3, -0.25) is 14.4 Å². The van der Waals surface area contributed by atoms with E-state index in [4.69, 9.17) is 4.74 Å². The van der Waals surface area contributed by atoms with E-state index in [1.165, 1.54) is 7.11 Å². The molecule has 9 nitrogen and oxygen atoms in total. The van der Waals surface area contributed by atoms with Crippen molar-refractivity contribution < 1.29 is 28.7 Å². The number of alkyl carbamates (subject to hydrolysis) is 1. The molecule has 0 aliphatic rings. The van der Waals surface area contributed by atoms with Gasteiger partial charge in [-0.25, -0.2) is 4.79 Å². The van der Waals surface area contributed by atoms with E-state index < -0.39 is 29.6 Å². The summed E-state index contributed by atoms with van der Waals surface area (Å²) in [6.07, 6.45) is 2.42. The molecule has 3 amide bonds. The molecular weight excluding hydrogens is 378 g/mol. The van der Waals surface area contributed by atoms with Crippen LogP contribution >= 0.6 is 0 Å². The van der Waals surface area contributed by atoms with Gasteiger partial charge in [0, 0.05) is 13.0 Å². The van der Waals surface area contributed by atoms with Gasteiger partial charge in [-0.2, -0.15) is 0 Å². The number of nitrogens with one attached hydrogen (secondary N) is 3. The zero-order valence-corrected chi connectivity index (χ0v) is 18.6. The molecular formula is C20H37N3O6. The molecule has 0 fully saturated rings. The van der Waals surface area contributed by atoms with Gasteiger partial charge in [0.15, 0.2) is 0 Å². The Morgan fingerprint density at radius 3 is 2.17 bits per heavy atom. The van der Waals surface area contributed by atoms with Crippen LogP contribution in [0, 0.1) is 5.92 Å². The molecule has 0 heterocycles. The average Bonchev–Trinajstić information content (AvgIpc) is 2.59. The van der Waals surface area contributed by atoms with Crippen LogP contribution in [0.5, 0.6) is 0 Å². The molecule has 3 N–H and O–H groups in total. The molecule has 0 aromatic heterocycles. The minimum absolute atomic E-state index is 0.197. The smallest absolute Gasteiger partial charge is 0.407 e. The number of carbonyl (C=O) groups excluding carboxylic acids is 4. The first-order valence-electron chi connectivity index (χ1n) is 10.0. The minimum Gasteiger partial charge on any atom is -0.468 e. The number of methoxy groups -OCH3 is 1. The predicted molar refractivity (Wildman–Crippen MR) is 109 cm³/mol. The third-order valence-corrected chi connectivity index (χ3v) is 3.74. The highest BCUT2D eigenvalue weighted by Crippen LogP contribution is 2.08. The van der Waals surface area contributed by atoms with Crippen LogP contribution in [0.3, 0.4) is 0 Å². The standard InChI is InChI=1S/C20H37N3O6/c1-14(2)12-15(18(26)22-13-17(25)28-6)23-16(24)10-8-7-9-11-21-19(27)29-20(3,4)5/h14-15H,7-13H2,1-6H3,(H,21,27)(H,22,26)(H,23,24). The van der Waals surface area contributed by atoms with E-state index in [2.05, 4.69) is 20.7 Å². The Morgan fingerprint density at radius 2 is 1.62 bits per heavy atom. The lowest BCUT2D eigenvalue weighted by Crippen LogP contribution is -2.48. The summed E-state index contributed by atoms with van der Waals surface area (Å²) in [7, 11) is 1.24. The number of ether oxygens (including phenoxy) is 2. The molecule has 0 saturated carbocycles. The predicted octanol–water partition coefficient (Wildman–Crippen LogP) is 1.89. The van der Waals surface area contributed by atoms with Crippen LogP contribution in [-0.4, -0.2) is 55.7 Å². The van der Waals surface area contributed by atoms with Crippen molar-refractivity contribution in [2.24, 2.45) is 5.92 Å². The fourth-order valence-electron chi connectivity index (χ4n) is 2.42. The highest BCUT2D eigenvalue weighted by Gasteiger charge is 2.22. The normalized spacial score (nSPS) is 12.1. The lowest BCUT2D eigenvalue weighted by molar-refractivity contribution is -0.141. The van der Waals surface area contributed by atoms with E-state index in [1.54, 1.807) is 20.8 Å². The lowest BCUT2D eigenvalue weighted by atomic mass is 10.0. The third-order valence-electron chi connectivity index (χ3n) is 3.74. The van der Waals surface area contributed by atoms with Gasteiger partial charge in [0.05, 0.1) is 7.11 Å². The van der Waals surface area contributed by atoms with Crippen LogP contribution < -0.4 is 16.0 Å². The highest BCUT2D eigenvalue weighted by molar-refractivity contribution is 5.89. The summed E-state index contributed by atoms with van der Waals surface area (Å²) in [6.45, 7) is 9.54. The average molecular weight is 416 g/mol. The van der Waals surface area contributed by atoms with Crippen LogP contribution in [0.4, 0.5) is 4.79 Å². The van der Waals surface area contributed by atoms with E-state index in [0.717, 1.165) is 12.8 Å². The number of hydrogen-bond acceptors (Lipinski definition) is 6. The topological polar surface area (TPSA) is 123 Å². The van der Waals surface area contributed by atoms with E-state index in [1.807, 2.05) is 13.8 Å². The van der Waals surface area contributed by atoms with E-state index >= 15 is 0 Å². The zero-order chi connectivity index (χ0) is 22.4. The Hall–Kier alpha value is -2.32. The third kappa shape index (κ3) is 15.3. The fraction of sp³-hybridized carbons (Fsp3) is 0.800. The van der Waals surface area contributed by atoms with Crippen molar-refractivity contribution in [1.29, 1.82) is 0 Å². The Kier molecular flexibility index (Phi) is 12.7. The maximum atomic E-state index is 12.2. The first-order chi connectivity index (χ1) is 13.4. The Bertz CT molecular complexity index is 543. The first-order valence-corrected chi connectivity index (χ1v) is 10.0. The van der Waals surface area contributed by atoms with Crippen molar-refractivity contribution in [1.82, 2.24) is 16.0 Å². The van der Waals surface area contributed by atoms with Gasteiger partial charge < -0.3 is 25.4 Å². The molecule has 1 unspecified atom stereocenters. The van der Waals surface area contributed by atoms with Gasteiger partial charge in [-0.1, -0.05) is 20.3 Å². The van der Waals surface area contributed by atoms with Crippen LogP contribution in [0.1, 0.15) is 66.7 Å². The summed E-state index contributed by atoms with van der Waals surface area (Å²) in [5.74, 6) is -0.973. The Morgan fingerprint density at radius 1 is 0.966 bits per heavy atom. The van der Waals surface area contributed by atoms with Gasteiger partial charge in [-0.05, 0) is 46.0 Å². The number of amides is 3. The molecule has 0 saturated heterocycles. The molecule has 0 aromatic carbocycles. The highest BCUT2D eigenvalue weighted by atomic mass is 16.6. The van der Waals surface area contributed by atoms with Crippen LogP contribution in [0.2, 0.25) is 0 Å². The molecule has 0 rings (SSSR count). The van der Waals surface area contributed by atoms with E-state index in [0.29, 0.717) is 19.4 Å². The van der Waals surface area contributed by atoms with Gasteiger partial charge in [-0.15, -0.1) is 0 Å². The van der Waals surface area contributed by atoms with Crippen molar-refractivity contribution in [2.45, 2.75) is 78.4 Å². The molecule has 0 aliphatic carbocycles. The molecule has 29 heavy (non-hydrogen) atoms. The summed E-state index contributed by atoms with van der Waals surface area (Å²) >= 11 is 0. The van der Waals surface area contributed by atoms with Crippen molar-refractivity contribution in [3.8, 4) is 0 Å². The largest absolute Gasteiger partial charge is 0.468 e. The Balaban J connectivity index is 4.17. The molecule has 0 radical (unpaired) electrons. The van der Waals surface area contributed by atoms with E-state index in [9.17, 15) is 19.2 Å². The van der Waals surface area contributed by atoms with Gasteiger partial charge >= 0.3 is 12.1 Å². The van der Waals surface area contributed by atoms with Crippen LogP contribution in [-0.2, 0) is 23.9 Å². The summed E-state index contributed by atoms with van der Waals surface area (Å²) in [6, 6.07) is -0.694. The summed E-state index contributed by atoms with van der Waals surface area (Å²) in [5.41, 5.74) is -0.530. The molecule has 1 atom stereocenters. The number of rotatable bonds is 12. The zero-order valence-electron chi connectivity index (χ0n) is 18.6. The van der Waals surface area contributed by atoms with Crippen molar-refractivity contribution in [2.75, 3.05) is 20.2 Å². The fourth-order valence-corrected chi connectivity index (χ4v) is 2.42. The van der Waals surface area contributed by atoms with Crippen molar-refractivity contribution >= 4 is 23.9 Å². The summed E-state index contributed by atoms with van der Waals surface area (Å²) in [4.78, 5) is 47.1. The van der Waals surface area contributed by atoms with E-state index in [-0.39, 0.29) is 24.8 Å². The minimum atomic E-state index is -0.694. The number of esters is 1. The molecule has 9 heteroatoms. The number of carbonyl (C=O) groups is 4. The quantitative estimate of drug-likeness (QED) is 0.330. The summed E-state index contributed by atoms with van der Waals surface area (Å²) < 4.78 is 9.63. The molecule has 0 aromatic rings. The first kappa shape index (κ1) is 26.7. The van der Waals surface area contributed by atoms with Gasteiger partial charge in [0.1, 0.15) is 18.2 Å². The van der Waals surface area contributed by atoms with Crippen molar-refractivity contribution in [3.05, 3.63) is 0 Å². The summed E-state index contributed by atoms with van der Waals surface area (Å²) in [5, 5.41) is 7.88. The second-order valence-corrected chi connectivity index (χ2v) is 8.28. The Labute approximate surface area is 173 Å². The maximum Gasteiger partial charge on any atom is 0.407 e. The molecule has 0 bridgehead atoms. The molecule has 0 spiro atoms. The molecule has 0 aliphatic heterocycles. The van der Waals surface area contributed by atoms with Crippen LogP contribution in [0.25, 0.3) is 0 Å². The maximum absolute atomic E-state index is 12.2. The van der Waals surface area contributed by atoms with Gasteiger partial charge in [0.25, 0.3) is 0 Å².